The molecule has 2 aliphatic rings. The number of aromatic nitrogens is 2. The zero-order chi connectivity index (χ0) is 21.3. The Morgan fingerprint density at radius 1 is 1.10 bits per heavy atom. The van der Waals surface area contributed by atoms with Gasteiger partial charge in [-0.15, -0.1) is 0 Å². The van der Waals surface area contributed by atoms with E-state index in [9.17, 15) is 17.2 Å². The Labute approximate surface area is 174 Å². The van der Waals surface area contributed by atoms with Crippen LogP contribution in [0.4, 0.5) is 14.7 Å². The van der Waals surface area contributed by atoms with Crippen molar-refractivity contribution in [3.05, 3.63) is 41.1 Å². The molecule has 2 aliphatic heterocycles. The van der Waals surface area contributed by atoms with Crippen molar-refractivity contribution in [1.29, 1.82) is 0 Å². The average molecular weight is 439 g/mol. The summed E-state index contributed by atoms with van der Waals surface area (Å²) in [6, 6.07) is 3.04. The average Bonchev–Trinajstić information content (AvgIpc) is 2.75. The first-order valence-corrected chi connectivity index (χ1v) is 11.7. The van der Waals surface area contributed by atoms with Crippen molar-refractivity contribution in [3.8, 4) is 11.6 Å². The fourth-order valence-electron chi connectivity index (χ4n) is 3.75. The molecule has 2 aromatic rings. The van der Waals surface area contributed by atoms with E-state index in [0.717, 1.165) is 44.5 Å². The van der Waals surface area contributed by atoms with Gasteiger partial charge in [0, 0.05) is 38.7 Å². The molecular weight excluding hydrogens is 414 g/mol. The van der Waals surface area contributed by atoms with Crippen molar-refractivity contribution < 1.29 is 21.9 Å². The third-order valence-corrected chi connectivity index (χ3v) is 7.30. The quantitative estimate of drug-likeness (QED) is 0.714. The van der Waals surface area contributed by atoms with E-state index in [1.165, 1.54) is 10.4 Å². The molecule has 4 rings (SSSR count). The molecule has 1 aromatic heterocycles. The summed E-state index contributed by atoms with van der Waals surface area (Å²) in [5.41, 5.74) is 1.22. The molecule has 162 valence electrons. The van der Waals surface area contributed by atoms with Gasteiger partial charge in [-0.3, -0.25) is 0 Å². The normalized spacial score (nSPS) is 17.6. The van der Waals surface area contributed by atoms with Gasteiger partial charge in [0.1, 0.15) is 5.82 Å². The molecule has 1 fully saturated rings. The van der Waals surface area contributed by atoms with Gasteiger partial charge < -0.3 is 9.64 Å². The number of sulfonamides is 1. The van der Waals surface area contributed by atoms with E-state index < -0.39 is 21.7 Å². The van der Waals surface area contributed by atoms with Crippen LogP contribution in [0, 0.1) is 11.6 Å². The van der Waals surface area contributed by atoms with Gasteiger partial charge in [-0.2, -0.15) is 9.29 Å². The lowest BCUT2D eigenvalue weighted by Crippen LogP contribution is -2.38. The molecule has 0 spiro atoms. The van der Waals surface area contributed by atoms with Crippen LogP contribution in [0.25, 0.3) is 0 Å². The first kappa shape index (κ1) is 20.9. The fraction of sp³-hybridized carbons (Fsp3) is 0.500. The van der Waals surface area contributed by atoms with E-state index >= 15 is 0 Å². The third kappa shape index (κ3) is 4.24. The van der Waals surface area contributed by atoms with Crippen LogP contribution in [-0.2, 0) is 23.0 Å². The second kappa shape index (κ2) is 8.43. The van der Waals surface area contributed by atoms with Gasteiger partial charge in [-0.25, -0.2) is 22.2 Å². The molecule has 0 amide bonds. The van der Waals surface area contributed by atoms with Crippen molar-refractivity contribution in [3.63, 3.8) is 0 Å². The monoisotopic (exact) mass is 438 g/mol. The molecule has 1 aromatic carbocycles. The predicted octanol–water partition coefficient (Wildman–Crippen LogP) is 3.25. The summed E-state index contributed by atoms with van der Waals surface area (Å²) in [6.07, 6.45) is 3.63. The number of anilines is 1. The number of ether oxygens (including phenoxy) is 1. The third-order valence-electron chi connectivity index (χ3n) is 5.47. The van der Waals surface area contributed by atoms with Crippen molar-refractivity contribution in [2.45, 2.75) is 39.2 Å². The van der Waals surface area contributed by atoms with E-state index in [-0.39, 0.29) is 23.9 Å². The number of nitrogens with zero attached hydrogens (tertiary/aromatic N) is 4. The molecule has 10 heteroatoms. The van der Waals surface area contributed by atoms with Crippen LogP contribution in [0.3, 0.4) is 0 Å². The molecule has 0 radical (unpaired) electrons. The summed E-state index contributed by atoms with van der Waals surface area (Å²) in [7, 11) is -3.41. The number of benzene rings is 1. The summed E-state index contributed by atoms with van der Waals surface area (Å²) in [5, 5.41) is 0. The molecule has 0 bridgehead atoms. The topological polar surface area (TPSA) is 75.6 Å². The Morgan fingerprint density at radius 2 is 1.87 bits per heavy atom. The molecule has 0 saturated carbocycles. The molecule has 1 saturated heterocycles. The highest BCUT2D eigenvalue weighted by Gasteiger charge is 2.31. The van der Waals surface area contributed by atoms with Gasteiger partial charge in [-0.1, -0.05) is 0 Å². The minimum atomic E-state index is -3.41. The Morgan fingerprint density at radius 3 is 2.57 bits per heavy atom. The smallest absolute Gasteiger partial charge is 0.229 e. The van der Waals surface area contributed by atoms with E-state index in [0.29, 0.717) is 30.2 Å². The summed E-state index contributed by atoms with van der Waals surface area (Å²) < 4.78 is 59.4. The van der Waals surface area contributed by atoms with Crippen LogP contribution >= 0.6 is 0 Å². The van der Waals surface area contributed by atoms with Crippen LogP contribution in [0.5, 0.6) is 11.6 Å². The molecule has 3 heterocycles. The Balaban J connectivity index is 1.75. The Bertz CT molecular complexity index is 1040. The lowest BCUT2D eigenvalue weighted by atomic mass is 10.1. The fourth-order valence-corrected chi connectivity index (χ4v) is 4.81. The first-order chi connectivity index (χ1) is 14.4. The Kier molecular flexibility index (Phi) is 5.88. The lowest BCUT2D eigenvalue weighted by Gasteiger charge is -2.31. The van der Waals surface area contributed by atoms with E-state index in [2.05, 4.69) is 14.9 Å². The predicted molar refractivity (Wildman–Crippen MR) is 108 cm³/mol. The van der Waals surface area contributed by atoms with E-state index in [4.69, 9.17) is 4.74 Å². The molecule has 30 heavy (non-hydrogen) atoms. The SMILES string of the molecule is CCS(=O)(=O)N1CCc2nc(N3CCCCC3)nc(Oc3ccc(F)cc3F)c2C1. The van der Waals surface area contributed by atoms with Crippen LogP contribution < -0.4 is 9.64 Å². The standard InChI is InChI=1S/C20H24F2N4O3S/c1-2-30(27,28)26-11-8-17-15(13-26)19(29-18-7-6-14(21)12-16(18)22)24-20(23-17)25-9-4-3-5-10-25/h6-7,12H,2-5,8-11,13H2,1H3. The van der Waals surface area contributed by atoms with Crippen molar-refractivity contribution in [2.75, 3.05) is 30.3 Å². The summed E-state index contributed by atoms with van der Waals surface area (Å²) >= 11 is 0. The van der Waals surface area contributed by atoms with Gasteiger partial charge in [0.2, 0.25) is 21.9 Å². The zero-order valence-electron chi connectivity index (χ0n) is 16.8. The maximum atomic E-state index is 14.2. The maximum Gasteiger partial charge on any atom is 0.229 e. The molecule has 0 N–H and O–H groups in total. The van der Waals surface area contributed by atoms with Crippen LogP contribution in [0.15, 0.2) is 18.2 Å². The largest absolute Gasteiger partial charge is 0.435 e. The first-order valence-electron chi connectivity index (χ1n) is 10.1. The second-order valence-electron chi connectivity index (χ2n) is 7.46. The van der Waals surface area contributed by atoms with Crippen LogP contribution in [0.1, 0.15) is 37.4 Å². The number of hydrogen-bond acceptors (Lipinski definition) is 6. The molecular formula is C20H24F2N4O3S. The minimum Gasteiger partial charge on any atom is -0.435 e. The van der Waals surface area contributed by atoms with Gasteiger partial charge in [0.05, 0.1) is 17.0 Å². The minimum absolute atomic E-state index is 0.0160. The maximum absolute atomic E-state index is 14.2. The van der Waals surface area contributed by atoms with Crippen molar-refractivity contribution >= 4 is 16.0 Å². The van der Waals surface area contributed by atoms with Gasteiger partial charge in [0.15, 0.2) is 11.6 Å². The van der Waals surface area contributed by atoms with Crippen molar-refractivity contribution in [1.82, 2.24) is 14.3 Å². The number of fused-ring (bicyclic) bond motifs is 1. The van der Waals surface area contributed by atoms with E-state index in [1.54, 1.807) is 6.92 Å². The number of piperidine rings is 1. The second-order valence-corrected chi connectivity index (χ2v) is 9.72. The van der Waals surface area contributed by atoms with Gasteiger partial charge in [0.25, 0.3) is 0 Å². The highest BCUT2D eigenvalue weighted by molar-refractivity contribution is 7.89. The highest BCUT2D eigenvalue weighted by Crippen LogP contribution is 2.33. The van der Waals surface area contributed by atoms with Gasteiger partial charge >= 0.3 is 0 Å². The number of rotatable bonds is 5. The highest BCUT2D eigenvalue weighted by atomic mass is 32.2. The molecule has 0 unspecified atom stereocenters. The van der Waals surface area contributed by atoms with Crippen LogP contribution in [0.2, 0.25) is 0 Å². The molecule has 7 nitrogen and oxygen atoms in total. The van der Waals surface area contributed by atoms with E-state index in [1.807, 2.05) is 0 Å². The lowest BCUT2D eigenvalue weighted by molar-refractivity contribution is 0.363. The number of hydrogen-bond donors (Lipinski definition) is 0. The molecule has 0 atom stereocenters. The molecule has 0 aliphatic carbocycles. The summed E-state index contributed by atoms with van der Waals surface area (Å²) in [4.78, 5) is 11.3. The van der Waals surface area contributed by atoms with Gasteiger partial charge in [-0.05, 0) is 38.3 Å². The zero-order valence-corrected chi connectivity index (χ0v) is 17.6. The summed E-state index contributed by atoms with van der Waals surface area (Å²) in [6.45, 7) is 3.61. The number of halogens is 2. The van der Waals surface area contributed by atoms with Crippen molar-refractivity contribution in [2.24, 2.45) is 0 Å². The van der Waals surface area contributed by atoms with Crippen LogP contribution in [-0.4, -0.2) is 48.1 Å². The summed E-state index contributed by atoms with van der Waals surface area (Å²) in [5.74, 6) is -1.13. The Hall–Kier alpha value is -2.33.